The monoisotopic (exact) mass is 589 g/mol. The summed E-state index contributed by atoms with van der Waals surface area (Å²) in [6.45, 7) is 2.47. The predicted molar refractivity (Wildman–Crippen MR) is 159 cm³/mol. The molecule has 2 fully saturated rings. The van der Waals surface area contributed by atoms with Gasteiger partial charge in [-0.05, 0) is 48.2 Å². The number of aryl methyl sites for hydroxylation is 1. The molecule has 3 aromatic rings. The molecule has 2 aromatic carbocycles. The van der Waals surface area contributed by atoms with Gasteiger partial charge < -0.3 is 29.5 Å². The number of benzene rings is 2. The maximum atomic E-state index is 14.2. The molecule has 0 spiro atoms. The standard InChI is InChI=1S/C32H39N5O6/c1-35-19-23(16-34-35)22-6-8-26-29(15-22)42-13-10-24-7-9-28(38)30(43-24)17-33-31(39)27-20-36(11-12-37(27)32(26)40)18-21-4-3-5-25(14-21)41-2/h3-6,8,14-16,19,24,27-28,30,38H,7,9-13,17-18,20H2,1-2H3,(H,33,39)/t24-,27-,28-,30+/m0/s1. The Kier molecular flexibility index (Phi) is 8.64. The summed E-state index contributed by atoms with van der Waals surface area (Å²) < 4.78 is 19.6. The number of aromatic nitrogens is 2. The van der Waals surface area contributed by atoms with Crippen LogP contribution in [0.4, 0.5) is 0 Å². The van der Waals surface area contributed by atoms with Crippen molar-refractivity contribution in [3.8, 4) is 22.6 Å². The Morgan fingerprint density at radius 1 is 1.09 bits per heavy atom. The largest absolute Gasteiger partial charge is 0.497 e. The van der Waals surface area contributed by atoms with Gasteiger partial charge in [0.2, 0.25) is 5.91 Å². The summed E-state index contributed by atoms with van der Waals surface area (Å²) in [4.78, 5) is 31.8. The van der Waals surface area contributed by atoms with Crippen LogP contribution in [-0.2, 0) is 23.1 Å². The van der Waals surface area contributed by atoms with Crippen LogP contribution in [-0.4, -0.2) is 101 Å². The third kappa shape index (κ3) is 6.53. The van der Waals surface area contributed by atoms with Crippen molar-refractivity contribution in [3.05, 3.63) is 66.0 Å². The highest BCUT2D eigenvalue weighted by Gasteiger charge is 2.38. The van der Waals surface area contributed by atoms with Gasteiger partial charge in [-0.1, -0.05) is 18.2 Å². The summed E-state index contributed by atoms with van der Waals surface area (Å²) >= 11 is 0. The lowest BCUT2D eigenvalue weighted by Crippen LogP contribution is -2.61. The van der Waals surface area contributed by atoms with E-state index < -0.39 is 18.2 Å². The highest BCUT2D eigenvalue weighted by Crippen LogP contribution is 2.31. The van der Waals surface area contributed by atoms with Crippen LogP contribution >= 0.6 is 0 Å². The number of nitrogens with one attached hydrogen (secondary N) is 1. The molecule has 2 amide bonds. The van der Waals surface area contributed by atoms with Crippen LogP contribution < -0.4 is 14.8 Å². The van der Waals surface area contributed by atoms with E-state index in [-0.39, 0.29) is 24.5 Å². The summed E-state index contributed by atoms with van der Waals surface area (Å²) in [6.07, 6.45) is 4.29. The summed E-state index contributed by atoms with van der Waals surface area (Å²) in [7, 11) is 3.50. The molecule has 1 aromatic heterocycles. The van der Waals surface area contributed by atoms with E-state index in [1.54, 1.807) is 29.0 Å². The van der Waals surface area contributed by atoms with Crippen LogP contribution in [0.1, 0.15) is 35.2 Å². The number of hydrogen-bond donors (Lipinski definition) is 2. The Labute approximate surface area is 251 Å². The maximum Gasteiger partial charge on any atom is 0.258 e. The molecule has 228 valence electrons. The molecule has 2 saturated heterocycles. The van der Waals surface area contributed by atoms with Crippen molar-refractivity contribution < 1.29 is 28.9 Å². The minimum Gasteiger partial charge on any atom is -0.497 e. The Balaban J connectivity index is 1.31. The Hall–Kier alpha value is -3.93. The van der Waals surface area contributed by atoms with Gasteiger partial charge in [0.05, 0.1) is 37.7 Å². The fourth-order valence-electron chi connectivity index (χ4n) is 6.17. The average Bonchev–Trinajstić information content (AvgIpc) is 3.46. The second-order valence-corrected chi connectivity index (χ2v) is 11.5. The maximum absolute atomic E-state index is 14.2. The minimum atomic E-state index is -0.739. The Morgan fingerprint density at radius 2 is 1.98 bits per heavy atom. The van der Waals surface area contributed by atoms with Crippen molar-refractivity contribution in [2.24, 2.45) is 7.05 Å². The number of aliphatic hydroxyl groups is 1. The average molecular weight is 590 g/mol. The quantitative estimate of drug-likeness (QED) is 0.476. The van der Waals surface area contributed by atoms with Gasteiger partial charge in [-0.2, -0.15) is 5.10 Å². The number of carbonyl (C=O) groups is 2. The van der Waals surface area contributed by atoms with E-state index in [0.29, 0.717) is 63.4 Å². The molecule has 4 heterocycles. The van der Waals surface area contributed by atoms with E-state index in [2.05, 4.69) is 15.3 Å². The molecule has 2 bridgehead atoms. The number of piperazine rings is 1. The number of rotatable bonds is 4. The summed E-state index contributed by atoms with van der Waals surface area (Å²) in [5.41, 5.74) is 3.28. The smallest absolute Gasteiger partial charge is 0.258 e. The zero-order chi connectivity index (χ0) is 29.9. The number of carbonyl (C=O) groups excluding carboxylic acids is 2. The van der Waals surface area contributed by atoms with Gasteiger partial charge in [0, 0.05) is 58.0 Å². The fourth-order valence-corrected chi connectivity index (χ4v) is 6.17. The molecule has 0 unspecified atom stereocenters. The fraction of sp³-hybridized carbons (Fsp3) is 0.469. The lowest BCUT2D eigenvalue weighted by atomic mass is 9.98. The second kappa shape index (κ2) is 12.7. The number of amides is 2. The zero-order valence-electron chi connectivity index (χ0n) is 24.6. The van der Waals surface area contributed by atoms with E-state index in [0.717, 1.165) is 22.4 Å². The van der Waals surface area contributed by atoms with Crippen molar-refractivity contribution in [3.63, 3.8) is 0 Å². The van der Waals surface area contributed by atoms with E-state index in [9.17, 15) is 14.7 Å². The third-order valence-electron chi connectivity index (χ3n) is 8.57. The first kappa shape index (κ1) is 29.2. The van der Waals surface area contributed by atoms with E-state index >= 15 is 0 Å². The molecule has 3 aliphatic rings. The van der Waals surface area contributed by atoms with Crippen molar-refractivity contribution in [2.75, 3.05) is 39.9 Å². The Bertz CT molecular complexity index is 1460. The van der Waals surface area contributed by atoms with Crippen LogP contribution in [0.5, 0.6) is 11.5 Å². The van der Waals surface area contributed by atoms with Gasteiger partial charge in [-0.25, -0.2) is 0 Å². The van der Waals surface area contributed by atoms with Gasteiger partial charge in [0.1, 0.15) is 23.6 Å². The summed E-state index contributed by atoms with van der Waals surface area (Å²) in [5, 5.41) is 17.9. The first-order valence-corrected chi connectivity index (χ1v) is 14.9. The van der Waals surface area contributed by atoms with Gasteiger partial charge >= 0.3 is 0 Å². The zero-order valence-corrected chi connectivity index (χ0v) is 24.6. The highest BCUT2D eigenvalue weighted by molar-refractivity contribution is 6.00. The van der Waals surface area contributed by atoms with Crippen molar-refractivity contribution >= 4 is 11.8 Å². The van der Waals surface area contributed by atoms with Gasteiger partial charge in [0.25, 0.3) is 5.91 Å². The number of aliphatic hydroxyl groups excluding tert-OH is 1. The highest BCUT2D eigenvalue weighted by atomic mass is 16.5. The lowest BCUT2D eigenvalue weighted by Gasteiger charge is -2.41. The number of methoxy groups -OCH3 is 1. The third-order valence-corrected chi connectivity index (χ3v) is 8.57. The number of ether oxygens (including phenoxy) is 3. The van der Waals surface area contributed by atoms with Gasteiger partial charge in [0.15, 0.2) is 0 Å². The number of hydrogen-bond acceptors (Lipinski definition) is 8. The van der Waals surface area contributed by atoms with Crippen LogP contribution in [0.25, 0.3) is 11.1 Å². The van der Waals surface area contributed by atoms with Crippen LogP contribution in [0, 0.1) is 0 Å². The minimum absolute atomic E-state index is 0.113. The van der Waals surface area contributed by atoms with Crippen molar-refractivity contribution in [2.45, 2.75) is 50.2 Å². The topological polar surface area (TPSA) is 118 Å². The van der Waals surface area contributed by atoms with Crippen LogP contribution in [0.15, 0.2) is 54.9 Å². The van der Waals surface area contributed by atoms with E-state index in [4.69, 9.17) is 14.2 Å². The molecule has 0 radical (unpaired) electrons. The van der Waals surface area contributed by atoms with Crippen LogP contribution in [0.2, 0.25) is 0 Å². The molecular formula is C32H39N5O6. The van der Waals surface area contributed by atoms with E-state index in [1.165, 1.54) is 0 Å². The molecular weight excluding hydrogens is 550 g/mol. The number of nitrogens with zero attached hydrogens (tertiary/aromatic N) is 4. The molecule has 3 aliphatic heterocycles. The van der Waals surface area contributed by atoms with Gasteiger partial charge in [-0.3, -0.25) is 19.2 Å². The molecule has 4 atom stereocenters. The first-order chi connectivity index (χ1) is 20.9. The van der Waals surface area contributed by atoms with Crippen molar-refractivity contribution in [1.29, 1.82) is 0 Å². The molecule has 2 N–H and O–H groups in total. The van der Waals surface area contributed by atoms with Crippen molar-refractivity contribution in [1.82, 2.24) is 24.9 Å². The number of fused-ring (bicyclic) bond motifs is 4. The van der Waals surface area contributed by atoms with Gasteiger partial charge in [-0.15, -0.1) is 0 Å². The summed E-state index contributed by atoms with van der Waals surface area (Å²) in [6, 6.07) is 12.7. The summed E-state index contributed by atoms with van der Waals surface area (Å²) in [5.74, 6) is 0.720. The molecule has 11 nitrogen and oxygen atoms in total. The molecule has 43 heavy (non-hydrogen) atoms. The SMILES string of the molecule is COc1cccc(CN2CCN3C(=O)c4ccc(-c5cnn(C)c5)cc4OCC[C@@H]4CC[C@H](O)[C@@H](CNC(=O)[C@@H]3C2)O4)c1. The normalized spacial score (nSPS) is 25.1. The first-order valence-electron chi connectivity index (χ1n) is 14.9. The Morgan fingerprint density at radius 3 is 2.79 bits per heavy atom. The molecule has 6 rings (SSSR count). The second-order valence-electron chi connectivity index (χ2n) is 11.5. The molecule has 0 saturated carbocycles. The molecule has 0 aliphatic carbocycles. The lowest BCUT2D eigenvalue weighted by molar-refractivity contribution is -0.135. The van der Waals surface area contributed by atoms with Crippen LogP contribution in [0.3, 0.4) is 0 Å². The predicted octanol–water partition coefficient (Wildman–Crippen LogP) is 2.23. The molecule has 11 heteroatoms. The van der Waals surface area contributed by atoms with E-state index in [1.807, 2.05) is 49.6 Å².